The van der Waals surface area contributed by atoms with E-state index < -0.39 is 0 Å². The second kappa shape index (κ2) is 8.22. The van der Waals surface area contributed by atoms with Crippen LogP contribution in [0.3, 0.4) is 0 Å². The third kappa shape index (κ3) is 3.84. The van der Waals surface area contributed by atoms with Crippen LogP contribution in [0.5, 0.6) is 17.2 Å². The zero-order valence-corrected chi connectivity index (χ0v) is 15.2. The summed E-state index contributed by atoms with van der Waals surface area (Å²) in [5, 5.41) is 10.7. The summed E-state index contributed by atoms with van der Waals surface area (Å²) in [6.45, 7) is 0.0577. The van der Waals surface area contributed by atoms with Gasteiger partial charge in [0.15, 0.2) is 0 Å². The predicted octanol–water partition coefficient (Wildman–Crippen LogP) is 2.69. The van der Waals surface area contributed by atoms with Crippen LogP contribution >= 0.6 is 0 Å². The maximum Gasteiger partial charge on any atom is 0.259 e. The number of carbonyl (C=O) groups excluding carboxylic acids is 1. The Hall–Kier alpha value is -3.55. The largest absolute Gasteiger partial charge is 0.496 e. The first-order valence-electron chi connectivity index (χ1n) is 8.13. The molecule has 0 unspecified atom stereocenters. The minimum absolute atomic E-state index is 0.0577. The topological polar surface area (TPSA) is 95.7 Å². The summed E-state index contributed by atoms with van der Waals surface area (Å²) in [5.74, 6) is 1.64. The number of amides is 1. The van der Waals surface area contributed by atoms with Crippen LogP contribution in [0.25, 0.3) is 11.5 Å². The zero-order chi connectivity index (χ0) is 19.2. The van der Waals surface area contributed by atoms with Gasteiger partial charge in [-0.05, 0) is 24.3 Å². The minimum atomic E-state index is -0.374. The van der Waals surface area contributed by atoms with Gasteiger partial charge in [0.25, 0.3) is 11.8 Å². The van der Waals surface area contributed by atoms with Gasteiger partial charge in [-0.25, -0.2) is 0 Å². The van der Waals surface area contributed by atoms with Crippen LogP contribution < -0.4 is 19.5 Å². The van der Waals surface area contributed by atoms with Crippen LogP contribution in [0.15, 0.2) is 46.9 Å². The van der Waals surface area contributed by atoms with E-state index in [2.05, 4.69) is 15.5 Å². The molecule has 0 fully saturated rings. The van der Waals surface area contributed by atoms with Gasteiger partial charge in [0.05, 0.1) is 33.4 Å². The maximum atomic E-state index is 12.6. The Bertz CT molecular complexity index is 916. The van der Waals surface area contributed by atoms with Crippen molar-refractivity contribution in [2.75, 3.05) is 21.3 Å². The minimum Gasteiger partial charge on any atom is -0.496 e. The molecule has 0 saturated carbocycles. The number of nitrogens with one attached hydrogen (secondary N) is 1. The van der Waals surface area contributed by atoms with Crippen molar-refractivity contribution in [3.05, 3.63) is 53.9 Å². The van der Waals surface area contributed by atoms with Crippen molar-refractivity contribution in [3.8, 4) is 28.7 Å². The standard InChI is InChI=1S/C19H19N3O5/c1-24-13-8-5-4-7-12(13)19-22-21-16(27-19)11-20-18(23)17-14(25-2)9-6-10-15(17)26-3/h4-10H,11H2,1-3H3,(H,20,23). The highest BCUT2D eigenvalue weighted by Gasteiger charge is 2.19. The highest BCUT2D eigenvalue weighted by molar-refractivity contribution is 5.99. The summed E-state index contributed by atoms with van der Waals surface area (Å²) in [5.41, 5.74) is 0.975. The van der Waals surface area contributed by atoms with Gasteiger partial charge < -0.3 is 23.9 Å². The van der Waals surface area contributed by atoms with Gasteiger partial charge in [0.2, 0.25) is 5.89 Å². The van der Waals surface area contributed by atoms with Crippen LogP contribution in [0.4, 0.5) is 0 Å². The molecule has 0 bridgehead atoms. The number of methoxy groups -OCH3 is 3. The van der Waals surface area contributed by atoms with E-state index in [1.165, 1.54) is 14.2 Å². The summed E-state index contributed by atoms with van der Waals surface area (Å²) in [6.07, 6.45) is 0. The number of ether oxygens (including phenoxy) is 3. The molecule has 1 N–H and O–H groups in total. The summed E-state index contributed by atoms with van der Waals surface area (Å²) < 4.78 is 21.4. The molecule has 3 rings (SSSR count). The molecule has 8 heteroatoms. The molecular formula is C19H19N3O5. The SMILES string of the molecule is COc1ccccc1-c1nnc(CNC(=O)c2c(OC)cccc2OC)o1. The van der Waals surface area contributed by atoms with Crippen molar-refractivity contribution in [2.24, 2.45) is 0 Å². The molecule has 0 aliphatic carbocycles. The maximum absolute atomic E-state index is 12.6. The van der Waals surface area contributed by atoms with Gasteiger partial charge in [-0.1, -0.05) is 18.2 Å². The molecule has 0 saturated heterocycles. The van der Waals surface area contributed by atoms with Gasteiger partial charge in [0, 0.05) is 0 Å². The van der Waals surface area contributed by atoms with Crippen LogP contribution in [0, 0.1) is 0 Å². The van der Waals surface area contributed by atoms with Gasteiger partial charge in [0.1, 0.15) is 22.8 Å². The average molecular weight is 369 g/mol. The molecule has 0 atom stereocenters. The number of rotatable bonds is 7. The number of hydrogen-bond acceptors (Lipinski definition) is 7. The molecule has 8 nitrogen and oxygen atoms in total. The molecule has 1 amide bonds. The molecule has 1 heterocycles. The molecule has 0 radical (unpaired) electrons. The van der Waals surface area contributed by atoms with Gasteiger partial charge >= 0.3 is 0 Å². The lowest BCUT2D eigenvalue weighted by atomic mass is 10.1. The molecule has 27 heavy (non-hydrogen) atoms. The fourth-order valence-corrected chi connectivity index (χ4v) is 2.57. The van der Waals surface area contributed by atoms with Crippen LogP contribution in [0.2, 0.25) is 0 Å². The Kier molecular flexibility index (Phi) is 5.55. The van der Waals surface area contributed by atoms with E-state index in [0.29, 0.717) is 34.3 Å². The lowest BCUT2D eigenvalue weighted by Gasteiger charge is -2.12. The van der Waals surface area contributed by atoms with E-state index in [9.17, 15) is 4.79 Å². The van der Waals surface area contributed by atoms with Gasteiger partial charge in [-0.3, -0.25) is 4.79 Å². The lowest BCUT2D eigenvalue weighted by molar-refractivity contribution is 0.0941. The fourth-order valence-electron chi connectivity index (χ4n) is 2.57. The van der Waals surface area contributed by atoms with E-state index in [4.69, 9.17) is 18.6 Å². The number of carbonyl (C=O) groups is 1. The van der Waals surface area contributed by atoms with Gasteiger partial charge in [-0.2, -0.15) is 0 Å². The Morgan fingerprint density at radius 2 is 1.56 bits per heavy atom. The zero-order valence-electron chi connectivity index (χ0n) is 15.2. The quantitative estimate of drug-likeness (QED) is 0.684. The van der Waals surface area contributed by atoms with Crippen LogP contribution in [-0.4, -0.2) is 37.4 Å². The van der Waals surface area contributed by atoms with Crippen molar-refractivity contribution in [1.82, 2.24) is 15.5 Å². The number of para-hydroxylation sites is 1. The molecule has 0 aliphatic heterocycles. The summed E-state index contributed by atoms with van der Waals surface area (Å²) in [4.78, 5) is 12.6. The summed E-state index contributed by atoms with van der Waals surface area (Å²) >= 11 is 0. The first-order valence-corrected chi connectivity index (χ1v) is 8.13. The molecular weight excluding hydrogens is 350 g/mol. The van der Waals surface area contributed by atoms with Crippen molar-refractivity contribution in [3.63, 3.8) is 0 Å². The molecule has 0 spiro atoms. The molecule has 1 aromatic heterocycles. The number of benzene rings is 2. The first-order chi connectivity index (χ1) is 13.2. The molecule has 140 valence electrons. The second-order valence-corrected chi connectivity index (χ2v) is 5.42. The second-order valence-electron chi connectivity index (χ2n) is 5.42. The third-order valence-electron chi connectivity index (χ3n) is 3.86. The number of aromatic nitrogens is 2. The van der Waals surface area contributed by atoms with Crippen molar-refractivity contribution >= 4 is 5.91 Å². The molecule has 2 aromatic carbocycles. The van der Waals surface area contributed by atoms with E-state index in [0.717, 1.165) is 0 Å². The van der Waals surface area contributed by atoms with E-state index in [-0.39, 0.29) is 18.3 Å². The Morgan fingerprint density at radius 1 is 0.926 bits per heavy atom. The Labute approximate surface area is 156 Å². The van der Waals surface area contributed by atoms with Crippen molar-refractivity contribution in [2.45, 2.75) is 6.54 Å². The normalized spacial score (nSPS) is 10.3. The lowest BCUT2D eigenvalue weighted by Crippen LogP contribution is -2.24. The third-order valence-corrected chi connectivity index (χ3v) is 3.86. The highest BCUT2D eigenvalue weighted by Crippen LogP contribution is 2.29. The summed E-state index contributed by atoms with van der Waals surface area (Å²) in [7, 11) is 4.54. The predicted molar refractivity (Wildman–Crippen MR) is 97.0 cm³/mol. The smallest absolute Gasteiger partial charge is 0.259 e. The Morgan fingerprint density at radius 3 is 2.22 bits per heavy atom. The molecule has 3 aromatic rings. The Balaban J connectivity index is 1.75. The van der Waals surface area contributed by atoms with E-state index in [1.807, 2.05) is 18.2 Å². The highest BCUT2D eigenvalue weighted by atomic mass is 16.5. The van der Waals surface area contributed by atoms with Crippen molar-refractivity contribution < 1.29 is 23.4 Å². The van der Waals surface area contributed by atoms with Crippen LogP contribution in [-0.2, 0) is 6.54 Å². The van der Waals surface area contributed by atoms with Gasteiger partial charge in [-0.15, -0.1) is 10.2 Å². The number of nitrogens with zero attached hydrogens (tertiary/aromatic N) is 2. The van der Waals surface area contributed by atoms with E-state index in [1.54, 1.807) is 31.4 Å². The fraction of sp³-hybridized carbons (Fsp3) is 0.211. The number of hydrogen-bond donors (Lipinski definition) is 1. The average Bonchev–Trinajstić information content (AvgIpc) is 3.20. The van der Waals surface area contributed by atoms with E-state index >= 15 is 0 Å². The first kappa shape index (κ1) is 18.2. The molecule has 0 aliphatic rings. The van der Waals surface area contributed by atoms with Crippen LogP contribution in [0.1, 0.15) is 16.2 Å². The van der Waals surface area contributed by atoms with Crippen molar-refractivity contribution in [1.29, 1.82) is 0 Å². The monoisotopic (exact) mass is 369 g/mol. The summed E-state index contributed by atoms with van der Waals surface area (Å²) in [6, 6.07) is 12.4.